The van der Waals surface area contributed by atoms with E-state index in [9.17, 15) is 4.79 Å². The molecule has 0 saturated carbocycles. The van der Waals surface area contributed by atoms with Crippen molar-refractivity contribution in [3.63, 3.8) is 0 Å². The third-order valence-corrected chi connectivity index (χ3v) is 6.29. The molecule has 1 amide bonds. The number of aromatic amines is 1. The number of H-pyrrole nitrogens is 1. The lowest BCUT2D eigenvalue weighted by molar-refractivity contribution is -0.000557. The molecule has 1 atom stereocenters. The second-order valence-corrected chi connectivity index (χ2v) is 8.70. The molecule has 0 bridgehead atoms. The van der Waals surface area contributed by atoms with Gasteiger partial charge in [-0.2, -0.15) is 0 Å². The van der Waals surface area contributed by atoms with Gasteiger partial charge in [-0.3, -0.25) is 9.63 Å². The van der Waals surface area contributed by atoms with Gasteiger partial charge < -0.3 is 10.3 Å². The highest BCUT2D eigenvalue weighted by Gasteiger charge is 2.36. The van der Waals surface area contributed by atoms with E-state index in [2.05, 4.69) is 22.7 Å². The van der Waals surface area contributed by atoms with E-state index in [1.807, 2.05) is 40.0 Å². The summed E-state index contributed by atoms with van der Waals surface area (Å²) in [5.74, 6) is -0.512. The van der Waals surface area contributed by atoms with Gasteiger partial charge >= 0.3 is 0 Å². The minimum atomic E-state index is -0.788. The Kier molecular flexibility index (Phi) is 3.95. The number of rotatable bonds is 2. The van der Waals surface area contributed by atoms with Crippen LogP contribution in [0.4, 0.5) is 4.39 Å². The molecule has 0 aliphatic carbocycles. The molecule has 2 aliphatic heterocycles. The molecular weight excluding hydrogens is 367 g/mol. The van der Waals surface area contributed by atoms with Gasteiger partial charge in [-0.1, -0.05) is 18.2 Å². The molecule has 3 aromatic rings. The van der Waals surface area contributed by atoms with Crippen LogP contribution in [0.25, 0.3) is 22.2 Å². The van der Waals surface area contributed by atoms with E-state index in [1.165, 1.54) is 0 Å². The third-order valence-electron chi connectivity index (χ3n) is 6.29. The summed E-state index contributed by atoms with van der Waals surface area (Å²) >= 11 is 0. The summed E-state index contributed by atoms with van der Waals surface area (Å²) in [6.07, 6.45) is 1.96. The van der Waals surface area contributed by atoms with Crippen molar-refractivity contribution in [3.8, 4) is 11.3 Å². The number of hydrogen-bond donors (Lipinski definition) is 3. The lowest BCUT2D eigenvalue weighted by atomic mass is 9.60. The van der Waals surface area contributed by atoms with Crippen LogP contribution >= 0.6 is 0 Å². The maximum atomic E-state index is 15.2. The van der Waals surface area contributed by atoms with Gasteiger partial charge in [0.25, 0.3) is 5.91 Å². The van der Waals surface area contributed by atoms with E-state index in [4.69, 9.17) is 4.84 Å². The number of benzene rings is 2. The van der Waals surface area contributed by atoms with Crippen molar-refractivity contribution in [2.45, 2.75) is 30.7 Å². The first-order chi connectivity index (χ1) is 13.8. The highest BCUT2D eigenvalue weighted by Crippen LogP contribution is 2.41. The second kappa shape index (κ2) is 6.21. The number of carbonyl (C=O) groups excluding carboxylic acids is 1. The Labute approximate surface area is 170 Å². The van der Waals surface area contributed by atoms with E-state index in [1.54, 1.807) is 12.1 Å². The standard InChI is InChI=1S/C21H22B2FN3O2/c1-20(8-3-9-25-20)13-7-6-11(10-14(13)24)18-17-16-12(4-2-5-15(16)26-18)19(28)27-29-21(17,22)23/h2,4-7,10,25-26H,3,8-9,22-23H2,1H3,(H,27,28)/t20-/m0/s1. The van der Waals surface area contributed by atoms with Gasteiger partial charge in [-0.05, 0) is 44.5 Å². The predicted molar refractivity (Wildman–Crippen MR) is 116 cm³/mol. The zero-order valence-corrected chi connectivity index (χ0v) is 16.8. The molecular formula is C21H22B2FN3O2. The normalized spacial score (nSPS) is 23.2. The van der Waals surface area contributed by atoms with Crippen LogP contribution < -0.4 is 10.8 Å². The molecule has 0 spiro atoms. The fraction of sp³-hybridized carbons (Fsp3) is 0.286. The maximum absolute atomic E-state index is 15.2. The summed E-state index contributed by atoms with van der Waals surface area (Å²) in [4.78, 5) is 21.6. The van der Waals surface area contributed by atoms with Gasteiger partial charge in [0.15, 0.2) is 0 Å². The lowest BCUT2D eigenvalue weighted by Crippen LogP contribution is -2.37. The lowest BCUT2D eigenvalue weighted by Gasteiger charge is -2.27. The van der Waals surface area contributed by atoms with E-state index in [-0.39, 0.29) is 17.3 Å². The molecule has 1 fully saturated rings. The molecule has 5 nitrogen and oxygen atoms in total. The van der Waals surface area contributed by atoms with Gasteiger partial charge in [0.2, 0.25) is 0 Å². The van der Waals surface area contributed by atoms with Crippen molar-refractivity contribution in [3.05, 3.63) is 58.9 Å². The summed E-state index contributed by atoms with van der Waals surface area (Å²) in [5, 5.41) is 3.45. The Hall–Kier alpha value is -2.57. The Bertz CT molecular complexity index is 1150. The summed E-state index contributed by atoms with van der Waals surface area (Å²) < 4.78 is 15.2. The first-order valence-electron chi connectivity index (χ1n) is 9.99. The molecule has 1 aromatic heterocycles. The first kappa shape index (κ1) is 18.5. The van der Waals surface area contributed by atoms with Crippen LogP contribution in [0.2, 0.25) is 0 Å². The number of nitrogens with one attached hydrogen (secondary N) is 3. The van der Waals surface area contributed by atoms with Crippen molar-refractivity contribution in [2.75, 3.05) is 6.54 Å². The van der Waals surface area contributed by atoms with Crippen LogP contribution in [0, 0.1) is 5.82 Å². The monoisotopic (exact) mass is 389 g/mol. The number of carbonyl (C=O) groups is 1. The Morgan fingerprint density at radius 3 is 2.76 bits per heavy atom. The minimum absolute atomic E-state index is 0.230. The molecule has 2 aromatic carbocycles. The fourth-order valence-corrected chi connectivity index (χ4v) is 4.78. The van der Waals surface area contributed by atoms with Crippen LogP contribution in [0.3, 0.4) is 0 Å². The zero-order chi connectivity index (χ0) is 20.4. The third kappa shape index (κ3) is 2.74. The van der Waals surface area contributed by atoms with Gasteiger partial charge in [0, 0.05) is 33.1 Å². The number of hydroxylamine groups is 1. The predicted octanol–water partition coefficient (Wildman–Crippen LogP) is 1.62. The van der Waals surface area contributed by atoms with E-state index >= 15 is 4.39 Å². The molecule has 0 radical (unpaired) electrons. The number of aromatic nitrogens is 1. The van der Waals surface area contributed by atoms with Gasteiger partial charge in [0.05, 0.1) is 16.7 Å². The van der Waals surface area contributed by atoms with Crippen LogP contribution in [0.15, 0.2) is 36.4 Å². The summed E-state index contributed by atoms with van der Waals surface area (Å²) in [6, 6.07) is 10.9. The van der Waals surface area contributed by atoms with Crippen molar-refractivity contribution in [1.82, 2.24) is 15.8 Å². The molecule has 3 heterocycles. The van der Waals surface area contributed by atoms with E-state index < -0.39 is 5.40 Å². The zero-order valence-electron chi connectivity index (χ0n) is 16.8. The van der Waals surface area contributed by atoms with Crippen LogP contribution in [0.1, 0.15) is 41.3 Å². The smallest absolute Gasteiger partial charge is 0.275 e. The average Bonchev–Trinajstić information content (AvgIpc) is 3.28. The van der Waals surface area contributed by atoms with E-state index in [0.29, 0.717) is 11.1 Å². The highest BCUT2D eigenvalue weighted by atomic mass is 19.1. The van der Waals surface area contributed by atoms with Crippen LogP contribution in [0.5, 0.6) is 0 Å². The molecule has 1 saturated heterocycles. The average molecular weight is 389 g/mol. The first-order valence-corrected chi connectivity index (χ1v) is 9.99. The van der Waals surface area contributed by atoms with Gasteiger partial charge in [-0.15, -0.1) is 0 Å². The van der Waals surface area contributed by atoms with Crippen LogP contribution in [-0.2, 0) is 15.8 Å². The van der Waals surface area contributed by atoms with E-state index in [0.717, 1.165) is 47.1 Å². The second-order valence-electron chi connectivity index (χ2n) is 8.70. The molecule has 29 heavy (non-hydrogen) atoms. The maximum Gasteiger partial charge on any atom is 0.275 e. The largest absolute Gasteiger partial charge is 0.354 e. The SMILES string of the molecule is BC1(B)ONC(=O)c2cccc3[nH]c(-c4ccc([C@]5(C)CCCN5)c(F)c4)c1c23. The van der Waals surface area contributed by atoms with Crippen molar-refractivity contribution >= 4 is 32.5 Å². The van der Waals surface area contributed by atoms with Crippen LogP contribution in [-0.4, -0.2) is 33.1 Å². The quantitative estimate of drug-likeness (QED) is 0.584. The number of halogens is 1. The van der Waals surface area contributed by atoms with Crippen molar-refractivity contribution in [2.24, 2.45) is 0 Å². The molecule has 0 unspecified atom stereocenters. The van der Waals surface area contributed by atoms with Gasteiger partial charge in [0.1, 0.15) is 21.5 Å². The Morgan fingerprint density at radius 1 is 1.21 bits per heavy atom. The molecule has 146 valence electrons. The topological polar surface area (TPSA) is 66.1 Å². The molecule has 2 aliphatic rings. The molecule has 8 heteroatoms. The van der Waals surface area contributed by atoms with Gasteiger partial charge in [-0.25, -0.2) is 9.87 Å². The number of amides is 1. The highest BCUT2D eigenvalue weighted by molar-refractivity contribution is 6.40. The minimum Gasteiger partial charge on any atom is -0.354 e. The van der Waals surface area contributed by atoms with Crippen molar-refractivity contribution in [1.29, 1.82) is 0 Å². The number of hydrogen-bond acceptors (Lipinski definition) is 3. The fourth-order valence-electron chi connectivity index (χ4n) is 4.78. The molecule has 5 rings (SSSR count). The van der Waals surface area contributed by atoms with Crippen molar-refractivity contribution < 1.29 is 14.0 Å². The summed E-state index contributed by atoms with van der Waals surface area (Å²) in [7, 11) is 3.80. The Morgan fingerprint density at radius 2 is 2.03 bits per heavy atom. The summed E-state index contributed by atoms with van der Waals surface area (Å²) in [6.45, 7) is 2.95. The summed E-state index contributed by atoms with van der Waals surface area (Å²) in [5.41, 5.74) is 6.61. The molecule has 3 N–H and O–H groups in total. The Balaban J connectivity index is 1.72.